The second-order valence-electron chi connectivity index (χ2n) is 7.55. The summed E-state index contributed by atoms with van der Waals surface area (Å²) in [6.45, 7) is 0.186. The van der Waals surface area contributed by atoms with Crippen LogP contribution in [0.4, 0.5) is 0 Å². The van der Waals surface area contributed by atoms with E-state index >= 15 is 0 Å². The Morgan fingerprint density at radius 3 is 2.12 bits per heavy atom. The molecule has 0 saturated heterocycles. The van der Waals surface area contributed by atoms with Gasteiger partial charge in [-0.05, 0) is 41.5 Å². The number of methoxy groups -OCH3 is 2. The number of furan rings is 1. The minimum atomic E-state index is -0.962. The molecule has 1 aromatic heterocycles. The molecule has 0 N–H and O–H groups in total. The first-order chi connectivity index (χ1) is 16.4. The van der Waals surface area contributed by atoms with Gasteiger partial charge in [0.15, 0.2) is 5.76 Å². The number of amides is 1. The molecular formula is C25H21NO8. The minimum Gasteiger partial charge on any atom is -0.465 e. The average Bonchev–Trinajstić information content (AvgIpc) is 3.41. The van der Waals surface area contributed by atoms with Crippen molar-refractivity contribution in [3.8, 4) is 5.75 Å². The molecule has 1 amide bonds. The lowest BCUT2D eigenvalue weighted by atomic mass is 9.93. The molecule has 0 bridgehead atoms. The monoisotopic (exact) mass is 463 g/mol. The van der Waals surface area contributed by atoms with Crippen molar-refractivity contribution in [2.45, 2.75) is 19.0 Å². The fourth-order valence-electron chi connectivity index (χ4n) is 3.80. The van der Waals surface area contributed by atoms with Crippen LogP contribution in [0.3, 0.4) is 0 Å². The Morgan fingerprint density at radius 2 is 1.53 bits per heavy atom. The summed E-state index contributed by atoms with van der Waals surface area (Å²) in [4.78, 5) is 51.9. The van der Waals surface area contributed by atoms with Crippen LogP contribution in [0.15, 0.2) is 65.3 Å². The number of esters is 3. The molecule has 174 valence electrons. The molecule has 0 radical (unpaired) electrons. The zero-order chi connectivity index (χ0) is 24.2. The standard InChI is InChI=1S/C25H21NO8/c1-31-23(28)17-10-18(24(29)32-2)12-19(11-17)34-25(30)20-13-15-6-3-4-7-16(15)14-26(20)22(27)21-8-5-9-33-21/h3-12,20H,13-14H2,1-2H3. The molecule has 4 rings (SSSR count). The predicted molar refractivity (Wildman–Crippen MR) is 117 cm³/mol. The van der Waals surface area contributed by atoms with Gasteiger partial charge in [-0.1, -0.05) is 24.3 Å². The molecule has 0 spiro atoms. The molecule has 1 aliphatic rings. The minimum absolute atomic E-state index is 0.00529. The van der Waals surface area contributed by atoms with Gasteiger partial charge < -0.3 is 23.5 Å². The van der Waals surface area contributed by atoms with Gasteiger partial charge in [0.05, 0.1) is 31.6 Å². The first kappa shape index (κ1) is 22.8. The Kier molecular flexibility index (Phi) is 6.44. The van der Waals surface area contributed by atoms with E-state index in [1.54, 1.807) is 6.07 Å². The molecular weight excluding hydrogens is 442 g/mol. The average molecular weight is 463 g/mol. The van der Waals surface area contributed by atoms with Crippen LogP contribution < -0.4 is 4.74 Å². The topological polar surface area (TPSA) is 112 Å². The van der Waals surface area contributed by atoms with E-state index in [2.05, 4.69) is 0 Å². The first-order valence-corrected chi connectivity index (χ1v) is 10.4. The third-order valence-electron chi connectivity index (χ3n) is 5.48. The molecule has 1 aliphatic heterocycles. The molecule has 9 heteroatoms. The molecule has 3 aromatic rings. The predicted octanol–water partition coefficient (Wildman–Crippen LogP) is 3.03. The van der Waals surface area contributed by atoms with Crippen LogP contribution in [0, 0.1) is 0 Å². The molecule has 0 aliphatic carbocycles. The maximum atomic E-state index is 13.3. The largest absolute Gasteiger partial charge is 0.465 e. The second kappa shape index (κ2) is 9.62. The smallest absolute Gasteiger partial charge is 0.338 e. The van der Waals surface area contributed by atoms with Crippen LogP contribution >= 0.6 is 0 Å². The third-order valence-corrected chi connectivity index (χ3v) is 5.48. The normalized spacial score (nSPS) is 14.6. The van der Waals surface area contributed by atoms with Crippen molar-refractivity contribution in [2.75, 3.05) is 14.2 Å². The zero-order valence-corrected chi connectivity index (χ0v) is 18.5. The van der Waals surface area contributed by atoms with Crippen LogP contribution in [0.25, 0.3) is 0 Å². The number of rotatable bonds is 5. The van der Waals surface area contributed by atoms with E-state index in [4.69, 9.17) is 18.6 Å². The van der Waals surface area contributed by atoms with Gasteiger partial charge in [0.25, 0.3) is 5.91 Å². The molecule has 34 heavy (non-hydrogen) atoms. The summed E-state index contributed by atoms with van der Waals surface area (Å²) in [6, 6.07) is 13.5. The molecule has 2 heterocycles. The van der Waals surface area contributed by atoms with E-state index < -0.39 is 29.9 Å². The van der Waals surface area contributed by atoms with E-state index in [0.29, 0.717) is 0 Å². The van der Waals surface area contributed by atoms with Gasteiger partial charge in [0.2, 0.25) is 0 Å². The fraction of sp³-hybridized carbons (Fsp3) is 0.200. The van der Waals surface area contributed by atoms with Crippen molar-refractivity contribution in [3.63, 3.8) is 0 Å². The summed E-state index contributed by atoms with van der Waals surface area (Å²) in [6.07, 6.45) is 1.60. The van der Waals surface area contributed by atoms with Gasteiger partial charge in [-0.15, -0.1) is 0 Å². The Balaban J connectivity index is 1.67. The third kappa shape index (κ3) is 4.54. The van der Waals surface area contributed by atoms with Gasteiger partial charge in [0, 0.05) is 13.0 Å². The highest BCUT2D eigenvalue weighted by Gasteiger charge is 2.37. The van der Waals surface area contributed by atoms with Crippen molar-refractivity contribution in [3.05, 3.63) is 88.9 Å². The summed E-state index contributed by atoms with van der Waals surface area (Å²) in [7, 11) is 2.38. The fourth-order valence-corrected chi connectivity index (χ4v) is 3.80. The lowest BCUT2D eigenvalue weighted by molar-refractivity contribution is -0.140. The van der Waals surface area contributed by atoms with E-state index in [-0.39, 0.29) is 35.6 Å². The molecule has 9 nitrogen and oxygen atoms in total. The highest BCUT2D eigenvalue weighted by molar-refractivity contribution is 5.97. The maximum absolute atomic E-state index is 13.3. The van der Waals surface area contributed by atoms with Crippen LogP contribution in [0.1, 0.15) is 42.4 Å². The highest BCUT2D eigenvalue weighted by Crippen LogP contribution is 2.27. The van der Waals surface area contributed by atoms with Gasteiger partial charge in [-0.3, -0.25) is 4.79 Å². The molecule has 0 fully saturated rings. The van der Waals surface area contributed by atoms with Gasteiger partial charge in [-0.25, -0.2) is 14.4 Å². The summed E-state index contributed by atoms with van der Waals surface area (Å²) in [5.74, 6) is -2.59. The Hall–Kier alpha value is -4.40. The first-order valence-electron chi connectivity index (χ1n) is 10.4. The van der Waals surface area contributed by atoms with E-state index in [9.17, 15) is 19.2 Å². The van der Waals surface area contributed by atoms with E-state index in [1.807, 2.05) is 24.3 Å². The Morgan fingerprint density at radius 1 is 0.882 bits per heavy atom. The van der Waals surface area contributed by atoms with Gasteiger partial charge in [0.1, 0.15) is 11.8 Å². The van der Waals surface area contributed by atoms with E-state index in [0.717, 1.165) is 11.1 Å². The number of carbonyl (C=O) groups excluding carboxylic acids is 4. The SMILES string of the molecule is COC(=O)c1cc(OC(=O)C2Cc3ccccc3CN2C(=O)c2ccco2)cc(C(=O)OC)c1. The Bertz CT molecular complexity index is 1210. The molecule has 1 atom stereocenters. The number of hydrogen-bond acceptors (Lipinski definition) is 8. The molecule has 2 aromatic carbocycles. The molecule has 0 saturated carbocycles. The van der Waals surface area contributed by atoms with Crippen molar-refractivity contribution in [1.29, 1.82) is 0 Å². The van der Waals surface area contributed by atoms with Gasteiger partial charge in [-0.2, -0.15) is 0 Å². The van der Waals surface area contributed by atoms with Crippen LogP contribution in [-0.2, 0) is 27.2 Å². The summed E-state index contributed by atoms with van der Waals surface area (Å²) < 4.78 is 20.2. The number of hydrogen-bond donors (Lipinski definition) is 0. The van der Waals surface area contributed by atoms with Crippen molar-refractivity contribution in [2.24, 2.45) is 0 Å². The van der Waals surface area contributed by atoms with Crippen LogP contribution in [0.2, 0.25) is 0 Å². The highest BCUT2D eigenvalue weighted by atomic mass is 16.5. The number of nitrogens with zero attached hydrogens (tertiary/aromatic N) is 1. The quantitative estimate of drug-likeness (QED) is 0.419. The summed E-state index contributed by atoms with van der Waals surface area (Å²) in [5, 5.41) is 0. The Labute approximate surface area is 194 Å². The molecule has 1 unspecified atom stereocenters. The van der Waals surface area contributed by atoms with Crippen molar-refractivity contribution >= 4 is 23.8 Å². The second-order valence-corrected chi connectivity index (χ2v) is 7.55. The summed E-state index contributed by atoms with van der Waals surface area (Å²) >= 11 is 0. The number of benzene rings is 2. The number of carbonyl (C=O) groups is 4. The van der Waals surface area contributed by atoms with Crippen molar-refractivity contribution < 1.29 is 37.8 Å². The van der Waals surface area contributed by atoms with Crippen molar-refractivity contribution in [1.82, 2.24) is 4.90 Å². The lowest BCUT2D eigenvalue weighted by Crippen LogP contribution is -2.50. The van der Waals surface area contributed by atoms with E-state index in [1.165, 1.54) is 49.6 Å². The zero-order valence-electron chi connectivity index (χ0n) is 18.5. The van der Waals surface area contributed by atoms with Gasteiger partial charge >= 0.3 is 17.9 Å². The lowest BCUT2D eigenvalue weighted by Gasteiger charge is -2.34. The number of ether oxygens (including phenoxy) is 3. The number of fused-ring (bicyclic) bond motifs is 1. The summed E-state index contributed by atoms with van der Waals surface area (Å²) in [5.41, 5.74) is 1.83. The van der Waals surface area contributed by atoms with Crippen LogP contribution in [-0.4, -0.2) is 49.0 Å². The van der Waals surface area contributed by atoms with Crippen LogP contribution in [0.5, 0.6) is 5.75 Å². The maximum Gasteiger partial charge on any atom is 0.338 e.